The highest BCUT2D eigenvalue weighted by Gasteiger charge is 2.25. The number of aryl methyl sites for hydroxylation is 3. The van der Waals surface area contributed by atoms with Crippen LogP contribution in [-0.4, -0.2) is 46.4 Å². The molecule has 180 valence electrons. The van der Waals surface area contributed by atoms with E-state index in [1.807, 2.05) is 34.6 Å². The molecular formula is C29H31FN4O. The average Bonchev–Trinajstić information content (AvgIpc) is 3.20. The van der Waals surface area contributed by atoms with Gasteiger partial charge in [-0.05, 0) is 80.3 Å². The normalized spacial score (nSPS) is 14.1. The zero-order valence-corrected chi connectivity index (χ0v) is 20.8. The molecule has 1 aliphatic rings. The van der Waals surface area contributed by atoms with Crippen molar-refractivity contribution in [3.8, 4) is 11.3 Å². The maximum atomic E-state index is 13.9. The van der Waals surface area contributed by atoms with E-state index in [1.54, 1.807) is 19.1 Å². The summed E-state index contributed by atoms with van der Waals surface area (Å²) in [5, 5.41) is 0. The minimum Gasteiger partial charge on any atom is -0.368 e. The van der Waals surface area contributed by atoms with Crippen molar-refractivity contribution in [2.45, 2.75) is 34.1 Å². The lowest BCUT2D eigenvalue weighted by atomic mass is 10.0. The fourth-order valence-electron chi connectivity index (χ4n) is 4.92. The van der Waals surface area contributed by atoms with Gasteiger partial charge < -0.3 is 14.2 Å². The Kier molecular flexibility index (Phi) is 6.05. The van der Waals surface area contributed by atoms with Gasteiger partial charge in [0, 0.05) is 43.6 Å². The second-order valence-corrected chi connectivity index (χ2v) is 9.57. The molecule has 4 aromatic rings. The summed E-state index contributed by atoms with van der Waals surface area (Å²) in [6, 6.07) is 15.4. The Labute approximate surface area is 205 Å². The molecule has 1 aliphatic heterocycles. The second kappa shape index (κ2) is 9.17. The number of carbonyl (C=O) groups excluding carboxylic acids is 1. The van der Waals surface area contributed by atoms with Crippen LogP contribution < -0.4 is 4.90 Å². The summed E-state index contributed by atoms with van der Waals surface area (Å²) in [7, 11) is 0. The van der Waals surface area contributed by atoms with Crippen LogP contribution in [0.4, 0.5) is 10.1 Å². The molecule has 2 aromatic heterocycles. The summed E-state index contributed by atoms with van der Waals surface area (Å²) >= 11 is 0. The van der Waals surface area contributed by atoms with E-state index in [9.17, 15) is 9.18 Å². The Morgan fingerprint density at radius 2 is 1.71 bits per heavy atom. The van der Waals surface area contributed by atoms with Gasteiger partial charge in [0.25, 0.3) is 0 Å². The first kappa shape index (κ1) is 23.1. The molecule has 0 N–H and O–H groups in total. The van der Waals surface area contributed by atoms with Gasteiger partial charge in [-0.25, -0.2) is 9.37 Å². The van der Waals surface area contributed by atoms with Gasteiger partial charge in [-0.1, -0.05) is 18.2 Å². The van der Waals surface area contributed by atoms with Gasteiger partial charge in [0.15, 0.2) is 0 Å². The second-order valence-electron chi connectivity index (χ2n) is 9.57. The van der Waals surface area contributed by atoms with Gasteiger partial charge in [-0.2, -0.15) is 0 Å². The number of anilines is 1. The number of nitrogens with zero attached hydrogens (tertiary/aromatic N) is 4. The van der Waals surface area contributed by atoms with Crippen molar-refractivity contribution >= 4 is 17.2 Å². The molecule has 0 unspecified atom stereocenters. The smallest absolute Gasteiger partial charge is 0.228 e. The third-order valence-electron chi connectivity index (χ3n) is 7.16. The lowest BCUT2D eigenvalue weighted by Crippen LogP contribution is -2.49. The molecule has 1 amide bonds. The van der Waals surface area contributed by atoms with Crippen LogP contribution in [0.2, 0.25) is 0 Å². The molecule has 35 heavy (non-hydrogen) atoms. The molecule has 0 radical (unpaired) electrons. The van der Waals surface area contributed by atoms with Crippen LogP contribution in [0.15, 0.2) is 54.7 Å². The number of aromatic nitrogens is 2. The Morgan fingerprint density at radius 3 is 2.46 bits per heavy atom. The fraction of sp³-hybridized carbons (Fsp3) is 0.310. The number of amides is 1. The van der Waals surface area contributed by atoms with Crippen molar-refractivity contribution < 1.29 is 9.18 Å². The first-order valence-corrected chi connectivity index (χ1v) is 12.1. The molecule has 0 saturated carbocycles. The molecule has 5 nitrogen and oxygen atoms in total. The zero-order valence-electron chi connectivity index (χ0n) is 20.8. The Morgan fingerprint density at radius 1 is 0.943 bits per heavy atom. The van der Waals surface area contributed by atoms with Crippen molar-refractivity contribution in [3.63, 3.8) is 0 Å². The number of imidazole rings is 1. The van der Waals surface area contributed by atoms with E-state index in [0.29, 0.717) is 18.7 Å². The standard InChI is InChI=1S/C29H31FN4O/c1-19-8-11-27-31-29(23-9-10-24(30)21(3)16-23)26(34(27)18-19)17-28(35)33-14-12-32(13-15-33)25-7-5-6-20(2)22(25)4/h5-11,16,18H,12-15,17H2,1-4H3. The number of rotatable bonds is 4. The monoisotopic (exact) mass is 470 g/mol. The van der Waals surface area contributed by atoms with E-state index >= 15 is 0 Å². The number of pyridine rings is 1. The quantitative estimate of drug-likeness (QED) is 0.408. The minimum absolute atomic E-state index is 0.0917. The Bertz CT molecular complexity index is 1420. The van der Waals surface area contributed by atoms with Gasteiger partial charge >= 0.3 is 0 Å². The van der Waals surface area contributed by atoms with Gasteiger partial charge in [-0.3, -0.25) is 4.79 Å². The summed E-state index contributed by atoms with van der Waals surface area (Å²) in [6.45, 7) is 11.1. The summed E-state index contributed by atoms with van der Waals surface area (Å²) in [5.74, 6) is -0.151. The number of piperazine rings is 1. The van der Waals surface area contributed by atoms with Crippen LogP contribution in [-0.2, 0) is 11.2 Å². The van der Waals surface area contributed by atoms with Crippen LogP contribution in [0.5, 0.6) is 0 Å². The lowest BCUT2D eigenvalue weighted by Gasteiger charge is -2.37. The topological polar surface area (TPSA) is 40.9 Å². The van der Waals surface area contributed by atoms with Crippen molar-refractivity contribution in [2.24, 2.45) is 0 Å². The zero-order chi connectivity index (χ0) is 24.7. The molecule has 1 saturated heterocycles. The third-order valence-corrected chi connectivity index (χ3v) is 7.16. The summed E-state index contributed by atoms with van der Waals surface area (Å²) in [6.07, 6.45) is 2.27. The van der Waals surface area contributed by atoms with Gasteiger partial charge in [0.1, 0.15) is 11.5 Å². The van der Waals surface area contributed by atoms with Crippen LogP contribution in [0, 0.1) is 33.5 Å². The SMILES string of the molecule is Cc1ccc2nc(-c3ccc(F)c(C)c3)c(CC(=O)N3CCN(c4cccc(C)c4C)CC3)n2c1. The van der Waals surface area contributed by atoms with Gasteiger partial charge in [0.2, 0.25) is 5.91 Å². The predicted octanol–water partition coefficient (Wildman–Crippen LogP) is 5.27. The number of fused-ring (bicyclic) bond motifs is 1. The van der Waals surface area contributed by atoms with Gasteiger partial charge in [0.05, 0.1) is 17.8 Å². The molecule has 2 aromatic carbocycles. The molecule has 0 bridgehead atoms. The van der Waals surface area contributed by atoms with Gasteiger partial charge in [-0.15, -0.1) is 0 Å². The first-order chi connectivity index (χ1) is 16.8. The Balaban J connectivity index is 1.40. The fourth-order valence-corrected chi connectivity index (χ4v) is 4.92. The van der Waals surface area contributed by atoms with Crippen molar-refractivity contribution in [3.05, 3.63) is 88.5 Å². The van der Waals surface area contributed by atoms with Crippen molar-refractivity contribution in [2.75, 3.05) is 31.1 Å². The predicted molar refractivity (Wildman–Crippen MR) is 138 cm³/mol. The Hall–Kier alpha value is -3.67. The van der Waals surface area contributed by atoms with Crippen LogP contribution in [0.1, 0.15) is 27.9 Å². The molecule has 0 spiro atoms. The van der Waals surface area contributed by atoms with E-state index in [4.69, 9.17) is 4.98 Å². The number of benzene rings is 2. The van der Waals surface area contributed by atoms with E-state index in [2.05, 4.69) is 36.9 Å². The molecule has 1 fully saturated rings. The number of hydrogen-bond donors (Lipinski definition) is 0. The highest BCUT2D eigenvalue weighted by atomic mass is 19.1. The summed E-state index contributed by atoms with van der Waals surface area (Å²) in [5.41, 5.74) is 8.69. The number of hydrogen-bond acceptors (Lipinski definition) is 3. The number of carbonyl (C=O) groups is 1. The van der Waals surface area contributed by atoms with E-state index in [-0.39, 0.29) is 18.1 Å². The van der Waals surface area contributed by atoms with E-state index in [1.165, 1.54) is 22.9 Å². The average molecular weight is 471 g/mol. The molecule has 0 atom stereocenters. The van der Waals surface area contributed by atoms with Crippen LogP contribution >= 0.6 is 0 Å². The first-order valence-electron chi connectivity index (χ1n) is 12.1. The maximum absolute atomic E-state index is 13.9. The van der Waals surface area contributed by atoms with Crippen molar-refractivity contribution in [1.29, 1.82) is 0 Å². The summed E-state index contributed by atoms with van der Waals surface area (Å²) < 4.78 is 15.9. The third kappa shape index (κ3) is 4.41. The maximum Gasteiger partial charge on any atom is 0.228 e. The molecule has 5 rings (SSSR count). The van der Waals surface area contributed by atoms with E-state index in [0.717, 1.165) is 41.3 Å². The minimum atomic E-state index is -0.243. The molecule has 0 aliphatic carbocycles. The number of halogens is 1. The highest BCUT2D eigenvalue weighted by molar-refractivity contribution is 5.82. The molecule has 3 heterocycles. The van der Waals surface area contributed by atoms with Crippen LogP contribution in [0.3, 0.4) is 0 Å². The molecule has 6 heteroatoms. The van der Waals surface area contributed by atoms with Crippen LogP contribution in [0.25, 0.3) is 16.9 Å². The largest absolute Gasteiger partial charge is 0.368 e. The van der Waals surface area contributed by atoms with E-state index < -0.39 is 0 Å². The lowest BCUT2D eigenvalue weighted by molar-refractivity contribution is -0.130. The molecular weight excluding hydrogens is 439 g/mol. The highest BCUT2D eigenvalue weighted by Crippen LogP contribution is 2.28. The summed E-state index contributed by atoms with van der Waals surface area (Å²) in [4.78, 5) is 22.6. The van der Waals surface area contributed by atoms with Crippen molar-refractivity contribution in [1.82, 2.24) is 14.3 Å².